The van der Waals surface area contributed by atoms with Gasteiger partial charge in [0.15, 0.2) is 0 Å². The van der Waals surface area contributed by atoms with E-state index in [2.05, 4.69) is 5.10 Å². The van der Waals surface area contributed by atoms with Gasteiger partial charge in [-0.3, -0.25) is 9.48 Å². The number of carbonyl (C=O) groups excluding carboxylic acids is 1. The van der Waals surface area contributed by atoms with E-state index in [1.54, 1.807) is 10.9 Å². The second-order valence-electron chi connectivity index (χ2n) is 6.87. The summed E-state index contributed by atoms with van der Waals surface area (Å²) in [5, 5.41) is 4.25. The predicted octanol–water partition coefficient (Wildman–Crippen LogP) is 3.91. The fourth-order valence-corrected chi connectivity index (χ4v) is 5.41. The molecule has 1 atom stereocenters. The first kappa shape index (κ1) is 18.4. The molecule has 0 spiro atoms. The van der Waals surface area contributed by atoms with Crippen molar-refractivity contribution in [2.75, 3.05) is 6.54 Å². The quantitative estimate of drug-likeness (QED) is 0.796. The van der Waals surface area contributed by atoms with Gasteiger partial charge < -0.3 is 11.5 Å². The van der Waals surface area contributed by atoms with Crippen molar-refractivity contribution in [3.63, 3.8) is 0 Å². The van der Waals surface area contributed by atoms with Crippen LogP contribution in [0.3, 0.4) is 0 Å². The number of aryl methyl sites for hydroxylation is 1. The van der Waals surface area contributed by atoms with Gasteiger partial charge in [0.25, 0.3) is 5.91 Å². The molecule has 1 aliphatic rings. The number of primary amides is 1. The van der Waals surface area contributed by atoms with E-state index in [9.17, 15) is 4.79 Å². The Labute approximate surface area is 157 Å². The Morgan fingerprint density at radius 1 is 1.44 bits per heavy atom. The van der Waals surface area contributed by atoms with Crippen molar-refractivity contribution < 1.29 is 4.79 Å². The first-order valence-corrected chi connectivity index (χ1v) is 10.0. The summed E-state index contributed by atoms with van der Waals surface area (Å²) in [7, 11) is 1.87. The highest BCUT2D eigenvalue weighted by molar-refractivity contribution is 7.18. The van der Waals surface area contributed by atoms with Crippen LogP contribution in [0.5, 0.6) is 0 Å². The fraction of sp³-hybridized carbons (Fsp3) is 0.556. The summed E-state index contributed by atoms with van der Waals surface area (Å²) in [6.07, 6.45) is 9.07. The lowest BCUT2D eigenvalue weighted by molar-refractivity contribution is 0.100. The van der Waals surface area contributed by atoms with Crippen LogP contribution in [0, 0.1) is 5.92 Å². The molecule has 136 valence electrons. The van der Waals surface area contributed by atoms with E-state index >= 15 is 0 Å². The number of hydrogen-bond acceptors (Lipinski definition) is 4. The molecule has 25 heavy (non-hydrogen) atoms. The summed E-state index contributed by atoms with van der Waals surface area (Å²) in [4.78, 5) is 12.6. The Balaban J connectivity index is 2.05. The molecular weight excluding hydrogens is 356 g/mol. The second-order valence-corrected chi connectivity index (χ2v) is 8.49. The lowest BCUT2D eigenvalue weighted by Crippen LogP contribution is -2.21. The summed E-state index contributed by atoms with van der Waals surface area (Å²) in [6.45, 7) is 0.481. The standard InChI is InChI=1S/C18H25ClN4OS/c1-23-13(7-8-22-23)15-14(16(18(21)24)25-17(15)19)12(10-20)9-11-5-3-2-4-6-11/h7-8,11-12H,2-6,9-10,20H2,1H3,(H2,21,24)/t12-/m1/s1. The maximum atomic E-state index is 12.1. The summed E-state index contributed by atoms with van der Waals surface area (Å²) in [5.41, 5.74) is 14.5. The Bertz CT molecular complexity index is 748. The fourth-order valence-electron chi connectivity index (χ4n) is 4.00. The van der Waals surface area contributed by atoms with Crippen molar-refractivity contribution in [2.24, 2.45) is 24.4 Å². The Hall–Kier alpha value is -1.37. The molecule has 2 heterocycles. The smallest absolute Gasteiger partial charge is 0.259 e. The van der Waals surface area contributed by atoms with Crippen LogP contribution < -0.4 is 11.5 Å². The maximum Gasteiger partial charge on any atom is 0.259 e. The van der Waals surface area contributed by atoms with Crippen LogP contribution in [-0.2, 0) is 7.05 Å². The average Bonchev–Trinajstić information content (AvgIpc) is 3.16. The Morgan fingerprint density at radius 3 is 2.72 bits per heavy atom. The van der Waals surface area contributed by atoms with Gasteiger partial charge in [0, 0.05) is 18.8 Å². The van der Waals surface area contributed by atoms with Crippen molar-refractivity contribution in [3.05, 3.63) is 27.0 Å². The number of aromatic nitrogens is 2. The van der Waals surface area contributed by atoms with E-state index in [4.69, 9.17) is 23.1 Å². The molecule has 1 saturated carbocycles. The second kappa shape index (κ2) is 7.89. The van der Waals surface area contributed by atoms with Gasteiger partial charge in [-0.15, -0.1) is 11.3 Å². The molecule has 2 aromatic rings. The summed E-state index contributed by atoms with van der Waals surface area (Å²) >= 11 is 7.79. The minimum Gasteiger partial charge on any atom is -0.365 e. The lowest BCUT2D eigenvalue weighted by atomic mass is 9.79. The first-order valence-electron chi connectivity index (χ1n) is 8.83. The maximum absolute atomic E-state index is 12.1. The van der Waals surface area contributed by atoms with Crippen molar-refractivity contribution >= 4 is 28.8 Å². The largest absolute Gasteiger partial charge is 0.365 e. The molecule has 0 aromatic carbocycles. The molecule has 0 aliphatic heterocycles. The van der Waals surface area contributed by atoms with E-state index in [1.807, 2.05) is 13.1 Å². The van der Waals surface area contributed by atoms with Crippen LogP contribution in [-0.4, -0.2) is 22.2 Å². The van der Waals surface area contributed by atoms with Gasteiger partial charge in [-0.2, -0.15) is 5.10 Å². The summed E-state index contributed by atoms with van der Waals surface area (Å²) < 4.78 is 2.35. The molecule has 5 nitrogen and oxygen atoms in total. The number of nitrogens with two attached hydrogens (primary N) is 2. The van der Waals surface area contributed by atoms with E-state index in [-0.39, 0.29) is 5.92 Å². The molecule has 2 aromatic heterocycles. The third-order valence-electron chi connectivity index (χ3n) is 5.24. The molecule has 1 fully saturated rings. The van der Waals surface area contributed by atoms with Crippen LogP contribution in [0.25, 0.3) is 11.3 Å². The average molecular weight is 381 g/mol. The molecule has 1 amide bonds. The number of rotatable bonds is 6. The number of amides is 1. The van der Waals surface area contributed by atoms with Crippen molar-refractivity contribution in [3.8, 4) is 11.3 Å². The van der Waals surface area contributed by atoms with Gasteiger partial charge in [0.05, 0.1) is 10.6 Å². The first-order chi connectivity index (χ1) is 12.0. The molecule has 0 saturated heterocycles. The molecule has 4 N–H and O–H groups in total. The highest BCUT2D eigenvalue weighted by Gasteiger charge is 2.30. The molecule has 3 rings (SSSR count). The minimum absolute atomic E-state index is 0.0826. The van der Waals surface area contributed by atoms with Crippen LogP contribution in [0.4, 0.5) is 0 Å². The Morgan fingerprint density at radius 2 is 2.16 bits per heavy atom. The zero-order chi connectivity index (χ0) is 18.0. The van der Waals surface area contributed by atoms with Crippen LogP contribution in [0.15, 0.2) is 12.3 Å². The lowest BCUT2D eigenvalue weighted by Gasteiger charge is -2.27. The van der Waals surface area contributed by atoms with E-state index in [1.165, 1.54) is 43.4 Å². The molecule has 0 bridgehead atoms. The van der Waals surface area contributed by atoms with Gasteiger partial charge in [-0.1, -0.05) is 43.7 Å². The van der Waals surface area contributed by atoms with Crippen molar-refractivity contribution in [2.45, 2.75) is 44.4 Å². The summed E-state index contributed by atoms with van der Waals surface area (Å²) in [5.74, 6) is 0.303. The van der Waals surface area contributed by atoms with E-state index in [0.717, 1.165) is 23.2 Å². The topological polar surface area (TPSA) is 86.9 Å². The molecule has 7 heteroatoms. The van der Waals surface area contributed by atoms with Crippen LogP contribution in [0.2, 0.25) is 4.34 Å². The van der Waals surface area contributed by atoms with Gasteiger partial charge in [0.2, 0.25) is 0 Å². The number of thiophene rings is 1. The van der Waals surface area contributed by atoms with Gasteiger partial charge >= 0.3 is 0 Å². The molecular formula is C18H25ClN4OS. The molecule has 0 radical (unpaired) electrons. The van der Waals surface area contributed by atoms with E-state index in [0.29, 0.717) is 21.7 Å². The van der Waals surface area contributed by atoms with Crippen LogP contribution >= 0.6 is 22.9 Å². The SMILES string of the molecule is Cn1nccc1-c1c(Cl)sc(C(N)=O)c1[C@@H](CN)CC1CCCCC1. The number of halogens is 1. The van der Waals surface area contributed by atoms with Gasteiger partial charge in [-0.25, -0.2) is 0 Å². The minimum atomic E-state index is -0.433. The molecule has 0 unspecified atom stereocenters. The predicted molar refractivity (Wildman–Crippen MR) is 103 cm³/mol. The normalized spacial score (nSPS) is 16.9. The summed E-state index contributed by atoms with van der Waals surface area (Å²) in [6, 6.07) is 1.91. The van der Waals surface area contributed by atoms with E-state index < -0.39 is 5.91 Å². The third kappa shape index (κ3) is 3.76. The monoisotopic (exact) mass is 380 g/mol. The Kier molecular flexibility index (Phi) is 5.81. The van der Waals surface area contributed by atoms with Gasteiger partial charge in [0.1, 0.15) is 4.34 Å². The van der Waals surface area contributed by atoms with Crippen molar-refractivity contribution in [1.29, 1.82) is 0 Å². The third-order valence-corrected chi connectivity index (χ3v) is 6.67. The van der Waals surface area contributed by atoms with Gasteiger partial charge in [-0.05, 0) is 36.4 Å². The highest BCUT2D eigenvalue weighted by Crippen LogP contribution is 2.45. The highest BCUT2D eigenvalue weighted by atomic mass is 35.5. The number of carbonyl (C=O) groups is 1. The zero-order valence-electron chi connectivity index (χ0n) is 14.5. The molecule has 1 aliphatic carbocycles. The number of nitrogens with zero attached hydrogens (tertiary/aromatic N) is 2. The zero-order valence-corrected chi connectivity index (χ0v) is 16.1. The number of hydrogen-bond donors (Lipinski definition) is 2. The van der Waals surface area contributed by atoms with Crippen molar-refractivity contribution in [1.82, 2.24) is 9.78 Å². The van der Waals surface area contributed by atoms with Crippen LogP contribution in [0.1, 0.15) is 59.7 Å².